The second kappa shape index (κ2) is 4.21. The molecule has 1 saturated carbocycles. The summed E-state index contributed by atoms with van der Waals surface area (Å²) in [6.45, 7) is 4.55. The molecule has 0 amide bonds. The molecule has 2 aromatic rings. The molecule has 1 fully saturated rings. The molecule has 0 bridgehead atoms. The maximum Gasteiger partial charge on any atom is 0.0459 e. The van der Waals surface area contributed by atoms with Crippen molar-refractivity contribution in [2.75, 3.05) is 0 Å². The Bertz CT molecular complexity index is 515. The van der Waals surface area contributed by atoms with E-state index in [9.17, 15) is 0 Å². The molecule has 0 atom stereocenters. The van der Waals surface area contributed by atoms with Crippen LogP contribution < -0.4 is 0 Å². The van der Waals surface area contributed by atoms with Gasteiger partial charge in [-0.25, -0.2) is 0 Å². The molecule has 1 nitrogen and oxygen atoms in total. The van der Waals surface area contributed by atoms with Crippen molar-refractivity contribution in [3.8, 4) is 0 Å². The van der Waals surface area contributed by atoms with Crippen molar-refractivity contribution in [2.24, 2.45) is 0 Å². The summed E-state index contributed by atoms with van der Waals surface area (Å²) in [5.74, 6) is 1.38. The second-order valence-electron chi connectivity index (χ2n) is 5.67. The highest BCUT2D eigenvalue weighted by molar-refractivity contribution is 5.84. The Balaban J connectivity index is 2.08. The predicted octanol–water partition coefficient (Wildman–Crippen LogP) is 4.95. The van der Waals surface area contributed by atoms with Gasteiger partial charge in [0.05, 0.1) is 0 Å². The fourth-order valence-electron chi connectivity index (χ4n) is 3.16. The van der Waals surface area contributed by atoms with Crippen molar-refractivity contribution >= 4 is 10.9 Å². The molecule has 0 saturated heterocycles. The van der Waals surface area contributed by atoms with Crippen molar-refractivity contribution in [1.82, 2.24) is 4.98 Å². The van der Waals surface area contributed by atoms with Gasteiger partial charge in [0, 0.05) is 16.6 Å². The van der Waals surface area contributed by atoms with Crippen molar-refractivity contribution in [2.45, 2.75) is 51.4 Å². The van der Waals surface area contributed by atoms with E-state index in [0.29, 0.717) is 5.92 Å². The molecule has 17 heavy (non-hydrogen) atoms. The van der Waals surface area contributed by atoms with E-state index in [2.05, 4.69) is 43.1 Å². The monoisotopic (exact) mass is 227 g/mol. The SMILES string of the molecule is CC(C)c1cccc2[nH]c(C3CCCC3)cc12. The Labute approximate surface area is 103 Å². The van der Waals surface area contributed by atoms with Gasteiger partial charge >= 0.3 is 0 Å². The molecule has 1 N–H and O–H groups in total. The standard InChI is InChI=1S/C16H21N/c1-11(2)13-8-5-9-15-14(13)10-16(17-15)12-6-3-4-7-12/h5,8-12,17H,3-4,6-7H2,1-2H3. The molecule has 0 radical (unpaired) electrons. The van der Waals surface area contributed by atoms with E-state index in [1.807, 2.05) is 0 Å². The molecule has 1 aliphatic carbocycles. The zero-order valence-electron chi connectivity index (χ0n) is 10.8. The molecule has 1 heteroatoms. The summed E-state index contributed by atoms with van der Waals surface area (Å²) in [5.41, 5.74) is 4.26. The van der Waals surface area contributed by atoms with Crippen LogP contribution in [-0.4, -0.2) is 4.98 Å². The van der Waals surface area contributed by atoms with E-state index in [1.54, 1.807) is 0 Å². The first-order valence-electron chi connectivity index (χ1n) is 6.87. The number of nitrogens with one attached hydrogen (secondary N) is 1. The van der Waals surface area contributed by atoms with E-state index < -0.39 is 0 Å². The van der Waals surface area contributed by atoms with Crippen LogP contribution in [0, 0.1) is 0 Å². The summed E-state index contributed by atoms with van der Waals surface area (Å²) in [7, 11) is 0. The van der Waals surface area contributed by atoms with Crippen molar-refractivity contribution in [1.29, 1.82) is 0 Å². The number of benzene rings is 1. The zero-order valence-corrected chi connectivity index (χ0v) is 10.8. The maximum absolute atomic E-state index is 3.63. The highest BCUT2D eigenvalue weighted by atomic mass is 14.7. The lowest BCUT2D eigenvalue weighted by Crippen LogP contribution is -1.90. The van der Waals surface area contributed by atoms with Crippen LogP contribution in [0.1, 0.15) is 62.6 Å². The third-order valence-electron chi connectivity index (χ3n) is 4.14. The zero-order chi connectivity index (χ0) is 11.8. The molecule has 1 aliphatic rings. The number of fused-ring (bicyclic) bond motifs is 1. The molecule has 0 spiro atoms. The van der Waals surface area contributed by atoms with E-state index in [0.717, 1.165) is 5.92 Å². The summed E-state index contributed by atoms with van der Waals surface area (Å²) in [4.78, 5) is 3.63. The van der Waals surface area contributed by atoms with Crippen LogP contribution in [-0.2, 0) is 0 Å². The first kappa shape index (κ1) is 10.9. The normalized spacial score (nSPS) is 17.4. The minimum Gasteiger partial charge on any atom is -0.358 e. The number of aromatic nitrogens is 1. The molecule has 0 aliphatic heterocycles. The molecule has 1 aromatic heterocycles. The van der Waals surface area contributed by atoms with E-state index in [1.165, 1.54) is 47.8 Å². The average molecular weight is 227 g/mol. The van der Waals surface area contributed by atoms with Gasteiger partial charge in [0.15, 0.2) is 0 Å². The number of aromatic amines is 1. The summed E-state index contributed by atoms with van der Waals surface area (Å²) >= 11 is 0. The number of H-pyrrole nitrogens is 1. The van der Waals surface area contributed by atoms with Gasteiger partial charge < -0.3 is 4.98 Å². The summed E-state index contributed by atoms with van der Waals surface area (Å²) in [5, 5.41) is 1.43. The fraction of sp³-hybridized carbons (Fsp3) is 0.500. The minimum absolute atomic E-state index is 0.603. The van der Waals surface area contributed by atoms with Crippen LogP contribution in [0.15, 0.2) is 24.3 Å². The molecular weight excluding hydrogens is 206 g/mol. The first-order chi connectivity index (χ1) is 8.25. The lowest BCUT2D eigenvalue weighted by Gasteiger charge is -2.06. The second-order valence-corrected chi connectivity index (χ2v) is 5.67. The Morgan fingerprint density at radius 1 is 1.18 bits per heavy atom. The third kappa shape index (κ3) is 1.88. The van der Waals surface area contributed by atoms with Gasteiger partial charge in [0.25, 0.3) is 0 Å². The average Bonchev–Trinajstić information content (AvgIpc) is 2.96. The molecular formula is C16H21N. The predicted molar refractivity (Wildman–Crippen MR) is 73.6 cm³/mol. The van der Waals surface area contributed by atoms with Crippen LogP contribution in [0.4, 0.5) is 0 Å². The van der Waals surface area contributed by atoms with Gasteiger partial charge in [0.2, 0.25) is 0 Å². The van der Waals surface area contributed by atoms with Gasteiger partial charge in [-0.2, -0.15) is 0 Å². The van der Waals surface area contributed by atoms with Crippen molar-refractivity contribution in [3.63, 3.8) is 0 Å². The molecule has 90 valence electrons. The van der Waals surface area contributed by atoms with Crippen LogP contribution in [0.2, 0.25) is 0 Å². The van der Waals surface area contributed by atoms with Crippen LogP contribution in [0.5, 0.6) is 0 Å². The highest BCUT2D eigenvalue weighted by Crippen LogP contribution is 2.36. The van der Waals surface area contributed by atoms with Crippen molar-refractivity contribution < 1.29 is 0 Å². The van der Waals surface area contributed by atoms with Gasteiger partial charge in [0.1, 0.15) is 0 Å². The number of hydrogen-bond donors (Lipinski definition) is 1. The van der Waals surface area contributed by atoms with E-state index in [-0.39, 0.29) is 0 Å². The molecule has 1 heterocycles. The van der Waals surface area contributed by atoms with Gasteiger partial charge in [-0.1, -0.05) is 38.8 Å². The maximum atomic E-state index is 3.63. The van der Waals surface area contributed by atoms with Gasteiger partial charge in [-0.05, 0) is 42.4 Å². The lowest BCUT2D eigenvalue weighted by atomic mass is 9.98. The number of hydrogen-bond acceptors (Lipinski definition) is 0. The molecule has 3 rings (SSSR count). The first-order valence-corrected chi connectivity index (χ1v) is 6.87. The van der Waals surface area contributed by atoms with Crippen molar-refractivity contribution in [3.05, 3.63) is 35.5 Å². The van der Waals surface area contributed by atoms with Crippen LogP contribution in [0.3, 0.4) is 0 Å². The summed E-state index contributed by atoms with van der Waals surface area (Å²) < 4.78 is 0. The molecule has 0 unspecified atom stereocenters. The quantitative estimate of drug-likeness (QED) is 0.747. The van der Waals surface area contributed by atoms with E-state index in [4.69, 9.17) is 0 Å². The molecule has 1 aromatic carbocycles. The Morgan fingerprint density at radius 3 is 2.65 bits per heavy atom. The Kier molecular flexibility index (Phi) is 2.70. The van der Waals surface area contributed by atoms with E-state index >= 15 is 0 Å². The van der Waals surface area contributed by atoms with Crippen LogP contribution in [0.25, 0.3) is 10.9 Å². The Morgan fingerprint density at radius 2 is 1.94 bits per heavy atom. The van der Waals surface area contributed by atoms with Crippen LogP contribution >= 0.6 is 0 Å². The summed E-state index contributed by atoms with van der Waals surface area (Å²) in [6.07, 6.45) is 5.53. The minimum atomic E-state index is 0.603. The number of rotatable bonds is 2. The highest BCUT2D eigenvalue weighted by Gasteiger charge is 2.19. The largest absolute Gasteiger partial charge is 0.358 e. The Hall–Kier alpha value is -1.24. The topological polar surface area (TPSA) is 15.8 Å². The fourth-order valence-corrected chi connectivity index (χ4v) is 3.16. The van der Waals surface area contributed by atoms with Gasteiger partial charge in [-0.3, -0.25) is 0 Å². The van der Waals surface area contributed by atoms with Gasteiger partial charge in [-0.15, -0.1) is 0 Å². The smallest absolute Gasteiger partial charge is 0.0459 e. The summed E-state index contributed by atoms with van der Waals surface area (Å²) in [6, 6.07) is 9.05. The lowest BCUT2D eigenvalue weighted by molar-refractivity contribution is 0.705. The third-order valence-corrected chi connectivity index (χ3v) is 4.14.